The number of para-hydroxylation sites is 2. The van der Waals surface area contributed by atoms with Gasteiger partial charge in [0.2, 0.25) is 5.88 Å². The van der Waals surface area contributed by atoms with E-state index in [0.717, 1.165) is 19.1 Å². The summed E-state index contributed by atoms with van der Waals surface area (Å²) in [7, 11) is 2.20. The molecule has 0 radical (unpaired) electrons. The minimum Gasteiger partial charge on any atom is -0.466 e. The molecule has 0 amide bonds. The maximum atomic E-state index is 13.3. The third kappa shape index (κ3) is 5.53. The minimum absolute atomic E-state index is 0.0174. The number of nitrogens with two attached hydrogens (primary N) is 1. The molecule has 13 heteroatoms. The molecule has 1 unspecified atom stereocenters. The standard InChI is InChI=1S/C28H20ClF3N4O5/c1-39-26(37)22-21(15-8-4-3-5-9-15)17(13-33)24(34)36(23(22)27(38)40-2)19-10-6-7-11-20(19)41-25-18(29)12-16(14-35-25)28(30,31)32/h3-12,14,21H,34H2,1-2H3. The summed E-state index contributed by atoms with van der Waals surface area (Å²) in [5.41, 5.74) is 5.21. The number of nitriles is 1. The molecule has 0 fully saturated rings. The Hall–Kier alpha value is -5.02. The van der Waals surface area contributed by atoms with Crippen molar-refractivity contribution in [2.24, 2.45) is 5.73 Å². The number of hydrogen-bond donors (Lipinski definition) is 1. The summed E-state index contributed by atoms with van der Waals surface area (Å²) in [5, 5.41) is 9.74. The van der Waals surface area contributed by atoms with Gasteiger partial charge in [-0.25, -0.2) is 14.6 Å². The highest BCUT2D eigenvalue weighted by Gasteiger charge is 2.43. The van der Waals surface area contributed by atoms with Gasteiger partial charge in [0.15, 0.2) is 5.75 Å². The second-order valence-corrected chi connectivity index (χ2v) is 8.82. The van der Waals surface area contributed by atoms with Crippen LogP contribution in [0.4, 0.5) is 18.9 Å². The zero-order valence-corrected chi connectivity index (χ0v) is 22.2. The van der Waals surface area contributed by atoms with Crippen molar-refractivity contribution in [1.29, 1.82) is 5.26 Å². The Kier molecular flexibility index (Phi) is 8.21. The van der Waals surface area contributed by atoms with Gasteiger partial charge in [0.25, 0.3) is 0 Å². The Balaban J connectivity index is 1.96. The fourth-order valence-electron chi connectivity index (χ4n) is 4.25. The van der Waals surface area contributed by atoms with Crippen LogP contribution in [0, 0.1) is 11.3 Å². The lowest BCUT2D eigenvalue weighted by molar-refractivity contribution is -0.139. The number of aromatic nitrogens is 1. The van der Waals surface area contributed by atoms with Crippen LogP contribution >= 0.6 is 11.6 Å². The predicted molar refractivity (Wildman–Crippen MR) is 140 cm³/mol. The molecule has 0 bridgehead atoms. The topological polar surface area (TPSA) is 128 Å². The summed E-state index contributed by atoms with van der Waals surface area (Å²) in [6, 6.07) is 17.0. The molecule has 0 spiro atoms. The smallest absolute Gasteiger partial charge is 0.417 e. The predicted octanol–water partition coefficient (Wildman–Crippen LogP) is 5.44. The molecule has 0 saturated carbocycles. The number of hydrogen-bond acceptors (Lipinski definition) is 9. The van der Waals surface area contributed by atoms with Gasteiger partial charge < -0.3 is 19.9 Å². The summed E-state index contributed by atoms with van der Waals surface area (Å²) < 4.78 is 55.1. The van der Waals surface area contributed by atoms with Gasteiger partial charge in [-0.15, -0.1) is 0 Å². The van der Waals surface area contributed by atoms with Gasteiger partial charge in [-0.05, 0) is 23.8 Å². The third-order valence-corrected chi connectivity index (χ3v) is 6.33. The zero-order valence-electron chi connectivity index (χ0n) is 21.4. The Labute approximate surface area is 236 Å². The van der Waals surface area contributed by atoms with Crippen molar-refractivity contribution >= 4 is 29.2 Å². The largest absolute Gasteiger partial charge is 0.466 e. The summed E-state index contributed by atoms with van der Waals surface area (Å²) in [5.74, 6) is -3.73. The number of nitrogens with zero attached hydrogens (tertiary/aromatic N) is 3. The van der Waals surface area contributed by atoms with Crippen molar-refractivity contribution in [2.45, 2.75) is 12.1 Å². The maximum absolute atomic E-state index is 13.3. The lowest BCUT2D eigenvalue weighted by atomic mass is 9.81. The number of carbonyl (C=O) groups is 2. The van der Waals surface area contributed by atoms with E-state index in [9.17, 15) is 28.0 Å². The Morgan fingerprint density at radius 1 is 1.05 bits per heavy atom. The Morgan fingerprint density at radius 2 is 1.68 bits per heavy atom. The van der Waals surface area contributed by atoms with E-state index < -0.39 is 34.6 Å². The SMILES string of the molecule is COC(=O)C1=C(C(=O)OC)N(c2ccccc2Oc2ncc(C(F)(F)F)cc2Cl)C(N)=C(C#N)C1c1ccccc1. The first kappa shape index (κ1) is 29.0. The normalized spacial score (nSPS) is 15.3. The molecule has 3 aromatic rings. The van der Waals surface area contributed by atoms with Crippen molar-refractivity contribution in [3.63, 3.8) is 0 Å². The molecule has 0 aliphatic carbocycles. The van der Waals surface area contributed by atoms with Crippen LogP contribution in [0.25, 0.3) is 0 Å². The van der Waals surface area contributed by atoms with E-state index in [1.807, 2.05) is 6.07 Å². The van der Waals surface area contributed by atoms with Gasteiger partial charge in [-0.1, -0.05) is 54.1 Å². The zero-order chi connectivity index (χ0) is 29.9. The average Bonchev–Trinajstić information content (AvgIpc) is 2.97. The van der Waals surface area contributed by atoms with Crippen LogP contribution in [0.2, 0.25) is 5.02 Å². The van der Waals surface area contributed by atoms with E-state index in [1.54, 1.807) is 36.4 Å². The quantitative estimate of drug-likeness (QED) is 0.376. The minimum atomic E-state index is -4.69. The summed E-state index contributed by atoms with van der Waals surface area (Å²) in [6.45, 7) is 0. The number of allylic oxidation sites excluding steroid dienone is 1. The van der Waals surface area contributed by atoms with Gasteiger partial charge in [-0.3, -0.25) is 4.90 Å². The van der Waals surface area contributed by atoms with Gasteiger partial charge in [0.05, 0.1) is 48.6 Å². The van der Waals surface area contributed by atoms with Gasteiger partial charge in [0, 0.05) is 6.20 Å². The van der Waals surface area contributed by atoms with Crippen LogP contribution in [-0.4, -0.2) is 31.1 Å². The molecular weight excluding hydrogens is 565 g/mol. The van der Waals surface area contributed by atoms with E-state index in [4.69, 9.17) is 31.5 Å². The molecule has 1 aliphatic heterocycles. The van der Waals surface area contributed by atoms with E-state index in [0.29, 0.717) is 17.8 Å². The molecular formula is C28H20ClF3N4O5. The molecule has 2 N–H and O–H groups in total. The molecule has 41 heavy (non-hydrogen) atoms. The van der Waals surface area contributed by atoms with Crippen LogP contribution in [0.3, 0.4) is 0 Å². The number of alkyl halides is 3. The molecule has 0 saturated heterocycles. The second-order valence-electron chi connectivity index (χ2n) is 8.41. The van der Waals surface area contributed by atoms with Crippen LogP contribution in [0.1, 0.15) is 17.0 Å². The van der Waals surface area contributed by atoms with Gasteiger partial charge in [-0.2, -0.15) is 18.4 Å². The highest BCUT2D eigenvalue weighted by Crippen LogP contribution is 2.46. The van der Waals surface area contributed by atoms with Crippen LogP contribution in [0.5, 0.6) is 11.6 Å². The number of carbonyl (C=O) groups excluding carboxylic acids is 2. The number of esters is 2. The number of ether oxygens (including phenoxy) is 3. The van der Waals surface area contributed by atoms with Crippen molar-refractivity contribution < 1.29 is 37.0 Å². The molecule has 210 valence electrons. The van der Waals surface area contributed by atoms with Crippen LogP contribution < -0.4 is 15.4 Å². The van der Waals surface area contributed by atoms with Crippen LogP contribution in [0.15, 0.2) is 89.5 Å². The van der Waals surface area contributed by atoms with E-state index in [2.05, 4.69) is 4.98 Å². The summed E-state index contributed by atoms with van der Waals surface area (Å²) >= 11 is 6.05. The first-order chi connectivity index (χ1) is 19.5. The number of benzene rings is 2. The molecule has 2 heterocycles. The summed E-state index contributed by atoms with van der Waals surface area (Å²) in [6.07, 6.45) is -4.14. The van der Waals surface area contributed by atoms with E-state index in [1.165, 1.54) is 18.2 Å². The average molecular weight is 585 g/mol. The van der Waals surface area contributed by atoms with E-state index >= 15 is 0 Å². The molecule has 1 atom stereocenters. The Morgan fingerprint density at radius 3 is 2.27 bits per heavy atom. The van der Waals surface area contributed by atoms with Crippen molar-refractivity contribution in [3.8, 4) is 17.7 Å². The fraction of sp³-hybridized carbons (Fsp3) is 0.143. The number of methoxy groups -OCH3 is 2. The van der Waals surface area contributed by atoms with Crippen molar-refractivity contribution in [1.82, 2.24) is 4.98 Å². The monoisotopic (exact) mass is 584 g/mol. The van der Waals surface area contributed by atoms with Crippen molar-refractivity contribution in [2.75, 3.05) is 19.1 Å². The third-order valence-electron chi connectivity index (χ3n) is 6.06. The molecule has 2 aromatic carbocycles. The van der Waals surface area contributed by atoms with E-state index in [-0.39, 0.29) is 40.0 Å². The highest BCUT2D eigenvalue weighted by atomic mass is 35.5. The lowest BCUT2D eigenvalue weighted by Gasteiger charge is -2.36. The maximum Gasteiger partial charge on any atom is 0.417 e. The molecule has 9 nitrogen and oxygen atoms in total. The molecule has 4 rings (SSSR count). The number of rotatable bonds is 6. The second kappa shape index (κ2) is 11.6. The fourth-order valence-corrected chi connectivity index (χ4v) is 4.46. The number of halogens is 4. The van der Waals surface area contributed by atoms with Gasteiger partial charge in [0.1, 0.15) is 16.5 Å². The molecule has 1 aliphatic rings. The van der Waals surface area contributed by atoms with Crippen molar-refractivity contribution in [3.05, 3.63) is 106 Å². The first-order valence-corrected chi connectivity index (χ1v) is 12.1. The number of pyridine rings is 1. The van der Waals surface area contributed by atoms with Gasteiger partial charge >= 0.3 is 18.1 Å². The first-order valence-electron chi connectivity index (χ1n) is 11.7. The number of anilines is 1. The lowest BCUT2D eigenvalue weighted by Crippen LogP contribution is -2.40. The summed E-state index contributed by atoms with van der Waals surface area (Å²) in [4.78, 5) is 31.3. The molecule has 1 aromatic heterocycles. The Bertz CT molecular complexity index is 1620. The van der Waals surface area contributed by atoms with Crippen LogP contribution in [-0.2, 0) is 25.2 Å². The highest BCUT2D eigenvalue weighted by molar-refractivity contribution is 6.31.